The maximum Gasteiger partial charge on any atom is 0.407 e. The maximum atomic E-state index is 12.5. The Balaban J connectivity index is 2.41. The molecule has 0 aliphatic carbocycles. The van der Waals surface area contributed by atoms with Crippen molar-refractivity contribution >= 4 is 0 Å². The highest BCUT2D eigenvalue weighted by molar-refractivity contribution is 5.49. The van der Waals surface area contributed by atoms with Gasteiger partial charge >= 0.3 is 6.18 Å². The second kappa shape index (κ2) is 3.86. The number of halogens is 3. The number of nitrogens with two attached hydrogens (primary N) is 1. The molecule has 0 amide bonds. The van der Waals surface area contributed by atoms with Crippen LogP contribution in [-0.2, 0) is 0 Å². The predicted octanol–water partition coefficient (Wildman–Crippen LogP) is 2.02. The van der Waals surface area contributed by atoms with E-state index < -0.39 is 12.2 Å². The highest BCUT2D eigenvalue weighted by Crippen LogP contribution is 2.41. The van der Waals surface area contributed by atoms with Crippen LogP contribution in [0.15, 0.2) is 18.2 Å². The van der Waals surface area contributed by atoms with Crippen molar-refractivity contribution in [1.29, 1.82) is 0 Å². The Bertz CT molecular complexity index is 392. The van der Waals surface area contributed by atoms with E-state index in [1.165, 1.54) is 12.1 Å². The first-order valence-corrected chi connectivity index (χ1v) is 4.71. The van der Waals surface area contributed by atoms with Crippen LogP contribution in [0.4, 0.5) is 13.2 Å². The summed E-state index contributed by atoms with van der Waals surface area (Å²) in [4.78, 5) is 0. The van der Waals surface area contributed by atoms with Gasteiger partial charge in [-0.05, 0) is 6.07 Å². The lowest BCUT2D eigenvalue weighted by Crippen LogP contribution is -2.30. The minimum absolute atomic E-state index is 0.0929. The van der Waals surface area contributed by atoms with Gasteiger partial charge in [-0.1, -0.05) is 12.1 Å². The summed E-state index contributed by atoms with van der Waals surface area (Å²) in [6, 6.07) is 2.27. The van der Waals surface area contributed by atoms with Gasteiger partial charge in [-0.3, -0.25) is 0 Å². The summed E-state index contributed by atoms with van der Waals surface area (Å²) in [7, 11) is 0. The molecule has 0 radical (unpaired) electrons. The van der Waals surface area contributed by atoms with Crippen LogP contribution >= 0.6 is 0 Å². The molecule has 1 atom stereocenters. The third kappa shape index (κ3) is 1.92. The van der Waals surface area contributed by atoms with Crippen LogP contribution < -0.4 is 15.2 Å². The van der Waals surface area contributed by atoms with E-state index >= 15 is 0 Å². The van der Waals surface area contributed by atoms with Crippen molar-refractivity contribution in [2.75, 3.05) is 13.2 Å². The van der Waals surface area contributed by atoms with Gasteiger partial charge in [0.25, 0.3) is 0 Å². The molecular formula is C10H10F3NO2. The van der Waals surface area contributed by atoms with Crippen molar-refractivity contribution < 1.29 is 22.6 Å². The Labute approximate surface area is 89.9 Å². The lowest BCUT2D eigenvalue weighted by atomic mass is 10.1. The summed E-state index contributed by atoms with van der Waals surface area (Å²) in [5, 5.41) is 0. The lowest BCUT2D eigenvalue weighted by molar-refractivity contribution is -0.149. The molecule has 0 saturated heterocycles. The van der Waals surface area contributed by atoms with E-state index in [2.05, 4.69) is 0 Å². The minimum Gasteiger partial charge on any atom is -0.486 e. The predicted molar refractivity (Wildman–Crippen MR) is 50.4 cm³/mol. The average Bonchev–Trinajstić information content (AvgIpc) is 2.26. The molecule has 0 fully saturated rings. The van der Waals surface area contributed by atoms with Gasteiger partial charge in [0.05, 0.1) is 0 Å². The number of rotatable bonds is 1. The molecule has 0 aromatic heterocycles. The standard InChI is InChI=1S/C10H10F3NO2/c11-10(12,13)9(14)6-2-1-3-7-8(6)16-5-4-15-7/h1-3,9H,4-5,14H2. The van der Waals surface area contributed by atoms with Crippen LogP contribution in [0.3, 0.4) is 0 Å². The van der Waals surface area contributed by atoms with Crippen molar-refractivity contribution in [2.45, 2.75) is 12.2 Å². The number of alkyl halides is 3. The molecule has 0 spiro atoms. The number of hydrogen-bond acceptors (Lipinski definition) is 3. The molecule has 0 saturated carbocycles. The Morgan fingerprint density at radius 2 is 1.88 bits per heavy atom. The summed E-state index contributed by atoms with van der Waals surface area (Å²) in [6.45, 7) is 0.562. The van der Waals surface area contributed by atoms with E-state index in [1.54, 1.807) is 6.07 Å². The molecule has 16 heavy (non-hydrogen) atoms. The van der Waals surface area contributed by atoms with Crippen molar-refractivity contribution in [3.8, 4) is 11.5 Å². The smallest absolute Gasteiger partial charge is 0.407 e. The highest BCUT2D eigenvalue weighted by atomic mass is 19.4. The van der Waals surface area contributed by atoms with Gasteiger partial charge in [-0.25, -0.2) is 0 Å². The maximum absolute atomic E-state index is 12.5. The van der Waals surface area contributed by atoms with Crippen molar-refractivity contribution in [1.82, 2.24) is 0 Å². The van der Waals surface area contributed by atoms with Crippen molar-refractivity contribution in [3.05, 3.63) is 23.8 Å². The van der Waals surface area contributed by atoms with E-state index in [4.69, 9.17) is 15.2 Å². The van der Waals surface area contributed by atoms with Crippen LogP contribution in [-0.4, -0.2) is 19.4 Å². The number of benzene rings is 1. The van der Waals surface area contributed by atoms with Crippen LogP contribution in [0, 0.1) is 0 Å². The van der Waals surface area contributed by atoms with E-state index in [1.807, 2.05) is 0 Å². The second-order valence-electron chi connectivity index (χ2n) is 3.39. The van der Waals surface area contributed by atoms with E-state index in [0.717, 1.165) is 0 Å². The van der Waals surface area contributed by atoms with Gasteiger partial charge in [0.15, 0.2) is 11.5 Å². The monoisotopic (exact) mass is 233 g/mol. The van der Waals surface area contributed by atoms with Crippen LogP contribution in [0.5, 0.6) is 11.5 Å². The fraction of sp³-hybridized carbons (Fsp3) is 0.400. The summed E-state index contributed by atoms with van der Waals surface area (Å²) < 4.78 is 47.8. The van der Waals surface area contributed by atoms with Gasteiger partial charge in [0.1, 0.15) is 19.3 Å². The van der Waals surface area contributed by atoms with Gasteiger partial charge in [0.2, 0.25) is 0 Å². The molecule has 1 aromatic rings. The van der Waals surface area contributed by atoms with Gasteiger partial charge in [0, 0.05) is 5.56 Å². The zero-order valence-electron chi connectivity index (χ0n) is 8.25. The number of fused-ring (bicyclic) bond motifs is 1. The van der Waals surface area contributed by atoms with Crippen LogP contribution in [0.25, 0.3) is 0 Å². The quantitative estimate of drug-likeness (QED) is 0.807. The molecular weight excluding hydrogens is 223 g/mol. The van der Waals surface area contributed by atoms with Gasteiger partial charge in [-0.15, -0.1) is 0 Å². The minimum atomic E-state index is -4.49. The topological polar surface area (TPSA) is 44.5 Å². The molecule has 3 nitrogen and oxygen atoms in total. The lowest BCUT2D eigenvalue weighted by Gasteiger charge is -2.24. The molecule has 6 heteroatoms. The molecule has 1 unspecified atom stereocenters. The normalized spacial score (nSPS) is 17.0. The Hall–Kier alpha value is -1.43. The number of ether oxygens (including phenoxy) is 2. The molecule has 88 valence electrons. The molecule has 1 heterocycles. The first kappa shape index (κ1) is 11.1. The van der Waals surface area contributed by atoms with Crippen molar-refractivity contribution in [2.24, 2.45) is 5.73 Å². The highest BCUT2D eigenvalue weighted by Gasteiger charge is 2.40. The SMILES string of the molecule is NC(c1cccc2c1OCCO2)C(F)(F)F. The summed E-state index contributed by atoms with van der Waals surface area (Å²) in [6.07, 6.45) is -4.49. The second-order valence-corrected chi connectivity index (χ2v) is 3.39. The summed E-state index contributed by atoms with van der Waals surface area (Å²) in [5.41, 5.74) is 5.04. The Kier molecular flexibility index (Phi) is 2.67. The molecule has 1 aliphatic rings. The van der Waals surface area contributed by atoms with Crippen LogP contribution in [0.2, 0.25) is 0 Å². The first-order valence-electron chi connectivity index (χ1n) is 4.71. The largest absolute Gasteiger partial charge is 0.486 e. The molecule has 1 aliphatic heterocycles. The summed E-state index contributed by atoms with van der Waals surface area (Å²) in [5.74, 6) is 0.405. The molecule has 2 N–H and O–H groups in total. The third-order valence-electron chi connectivity index (χ3n) is 2.28. The van der Waals surface area contributed by atoms with E-state index in [9.17, 15) is 13.2 Å². The Morgan fingerprint density at radius 3 is 2.56 bits per heavy atom. The number of hydrogen-bond donors (Lipinski definition) is 1. The molecule has 1 aromatic carbocycles. The third-order valence-corrected chi connectivity index (χ3v) is 2.28. The van der Waals surface area contributed by atoms with Gasteiger partial charge in [-0.2, -0.15) is 13.2 Å². The van der Waals surface area contributed by atoms with E-state index in [-0.39, 0.29) is 17.9 Å². The van der Waals surface area contributed by atoms with Crippen LogP contribution in [0.1, 0.15) is 11.6 Å². The zero-order chi connectivity index (χ0) is 11.8. The van der Waals surface area contributed by atoms with Crippen molar-refractivity contribution in [3.63, 3.8) is 0 Å². The number of para-hydroxylation sites is 1. The van der Waals surface area contributed by atoms with Gasteiger partial charge < -0.3 is 15.2 Å². The molecule has 2 rings (SSSR count). The summed E-state index contributed by atoms with van der Waals surface area (Å²) >= 11 is 0. The fourth-order valence-corrected chi connectivity index (χ4v) is 1.52. The molecule has 0 bridgehead atoms. The average molecular weight is 233 g/mol. The zero-order valence-corrected chi connectivity index (χ0v) is 8.25. The fourth-order valence-electron chi connectivity index (χ4n) is 1.52. The van der Waals surface area contributed by atoms with E-state index in [0.29, 0.717) is 12.4 Å². The Morgan fingerprint density at radius 1 is 1.19 bits per heavy atom. The first-order chi connectivity index (χ1) is 7.50.